The summed E-state index contributed by atoms with van der Waals surface area (Å²) in [6.45, 7) is 3.45. The summed E-state index contributed by atoms with van der Waals surface area (Å²) in [4.78, 5) is 6.57. The molecule has 3 rings (SSSR count). The number of sulfone groups is 1. The van der Waals surface area contributed by atoms with Crippen molar-refractivity contribution in [3.05, 3.63) is 46.5 Å². The van der Waals surface area contributed by atoms with Gasteiger partial charge in [-0.2, -0.15) is 4.98 Å². The van der Waals surface area contributed by atoms with Gasteiger partial charge in [-0.3, -0.25) is 10.00 Å². The lowest BCUT2D eigenvalue weighted by atomic mass is 10.2. The molecule has 1 fully saturated rings. The zero-order valence-electron chi connectivity index (χ0n) is 14.8. The van der Waals surface area contributed by atoms with Crippen LogP contribution >= 0.6 is 12.2 Å². The lowest BCUT2D eigenvalue weighted by Gasteiger charge is -2.27. The van der Waals surface area contributed by atoms with Crippen LogP contribution in [0.2, 0.25) is 0 Å². The maximum Gasteiger partial charge on any atom is 0.217 e. The molecular formula is C18H24N4O2S2. The van der Waals surface area contributed by atoms with Crippen molar-refractivity contribution in [2.75, 3.05) is 18.1 Å². The highest BCUT2D eigenvalue weighted by Crippen LogP contribution is 2.19. The molecule has 1 N–H and O–H groups in total. The summed E-state index contributed by atoms with van der Waals surface area (Å²) < 4.78 is 25.9. The largest absolute Gasteiger partial charge is 0.280 e. The number of aromatic amines is 1. The quantitative estimate of drug-likeness (QED) is 0.734. The molecule has 0 bridgehead atoms. The first kappa shape index (κ1) is 19.0. The molecule has 140 valence electrons. The zero-order chi connectivity index (χ0) is 18.6. The molecule has 8 heteroatoms. The Morgan fingerprint density at radius 2 is 2.12 bits per heavy atom. The molecule has 2 heterocycles. The highest BCUT2D eigenvalue weighted by atomic mass is 32.2. The number of nitrogens with one attached hydrogen (secondary N) is 1. The number of hydrogen-bond donors (Lipinski definition) is 1. The monoisotopic (exact) mass is 392 g/mol. The van der Waals surface area contributed by atoms with E-state index in [2.05, 4.69) is 21.9 Å². The second-order valence-electron chi connectivity index (χ2n) is 6.57. The van der Waals surface area contributed by atoms with Crippen molar-refractivity contribution in [3.8, 4) is 0 Å². The van der Waals surface area contributed by atoms with Crippen LogP contribution in [-0.4, -0.2) is 52.2 Å². The van der Waals surface area contributed by atoms with Crippen molar-refractivity contribution >= 4 is 34.2 Å². The number of benzene rings is 1. The minimum atomic E-state index is -2.91. The van der Waals surface area contributed by atoms with Gasteiger partial charge in [-0.15, -0.1) is 0 Å². The van der Waals surface area contributed by atoms with E-state index in [1.807, 2.05) is 42.5 Å². The van der Waals surface area contributed by atoms with Crippen molar-refractivity contribution in [1.82, 2.24) is 19.7 Å². The summed E-state index contributed by atoms with van der Waals surface area (Å²) in [6.07, 6.45) is 5.51. The summed E-state index contributed by atoms with van der Waals surface area (Å²) in [5.41, 5.74) is 1.09. The van der Waals surface area contributed by atoms with Gasteiger partial charge in [0.05, 0.1) is 18.2 Å². The predicted octanol–water partition coefficient (Wildman–Crippen LogP) is 2.97. The maximum atomic E-state index is 11.8. The molecule has 1 saturated heterocycles. The summed E-state index contributed by atoms with van der Waals surface area (Å²) in [7, 11) is -2.91. The fraction of sp³-hybridized carbons (Fsp3) is 0.444. The lowest BCUT2D eigenvalue weighted by Crippen LogP contribution is -2.38. The Kier molecular flexibility index (Phi) is 6.05. The summed E-state index contributed by atoms with van der Waals surface area (Å²) >= 11 is 5.37. The second-order valence-corrected chi connectivity index (χ2v) is 9.17. The fourth-order valence-corrected chi connectivity index (χ4v) is 5.15. The number of rotatable bonds is 7. The molecule has 6 nitrogen and oxygen atoms in total. The lowest BCUT2D eigenvalue weighted by molar-refractivity contribution is 0.155. The number of nitrogens with zero attached hydrogens (tertiary/aromatic N) is 3. The van der Waals surface area contributed by atoms with E-state index in [-0.39, 0.29) is 17.5 Å². The number of H-pyrrole nitrogens is 1. The van der Waals surface area contributed by atoms with E-state index >= 15 is 0 Å². The van der Waals surface area contributed by atoms with E-state index in [0.717, 1.165) is 18.5 Å². The SMILES string of the molecule is CCCN(Cn1[nH]c(C=Cc2ccccc2)nc1=S)C1CCS(=O)(=O)C1. The summed E-state index contributed by atoms with van der Waals surface area (Å²) in [6, 6.07) is 10.0. The Morgan fingerprint density at radius 1 is 1.35 bits per heavy atom. The Labute approximate surface area is 159 Å². The second kappa shape index (κ2) is 8.28. The Bertz CT molecular complexity index is 916. The minimum Gasteiger partial charge on any atom is -0.280 e. The van der Waals surface area contributed by atoms with Gasteiger partial charge in [0.2, 0.25) is 4.77 Å². The minimum absolute atomic E-state index is 0.0495. The van der Waals surface area contributed by atoms with E-state index in [0.29, 0.717) is 23.7 Å². The molecule has 1 atom stereocenters. The molecule has 2 aromatic rings. The maximum absolute atomic E-state index is 11.8. The first-order chi connectivity index (χ1) is 12.5. The normalized spacial score (nSPS) is 19.5. The van der Waals surface area contributed by atoms with Crippen LogP contribution < -0.4 is 0 Å². The van der Waals surface area contributed by atoms with Gasteiger partial charge < -0.3 is 0 Å². The molecule has 1 aliphatic rings. The molecule has 0 spiro atoms. The Hall–Kier alpha value is -1.77. The Balaban J connectivity index is 1.73. The van der Waals surface area contributed by atoms with Gasteiger partial charge >= 0.3 is 0 Å². The van der Waals surface area contributed by atoms with Crippen LogP contribution in [0.1, 0.15) is 31.2 Å². The van der Waals surface area contributed by atoms with Crippen LogP contribution in [0.25, 0.3) is 12.2 Å². The fourth-order valence-electron chi connectivity index (χ4n) is 3.19. The van der Waals surface area contributed by atoms with Crippen LogP contribution in [0.3, 0.4) is 0 Å². The molecule has 0 radical (unpaired) electrons. The molecule has 1 unspecified atom stereocenters. The van der Waals surface area contributed by atoms with Gasteiger partial charge in [-0.1, -0.05) is 43.3 Å². The van der Waals surface area contributed by atoms with Crippen molar-refractivity contribution in [1.29, 1.82) is 0 Å². The van der Waals surface area contributed by atoms with Crippen LogP contribution in [-0.2, 0) is 16.5 Å². The van der Waals surface area contributed by atoms with Gasteiger partial charge in [-0.25, -0.2) is 13.1 Å². The zero-order valence-corrected chi connectivity index (χ0v) is 16.5. The van der Waals surface area contributed by atoms with Gasteiger partial charge in [0.15, 0.2) is 9.84 Å². The molecule has 1 aliphatic heterocycles. The van der Waals surface area contributed by atoms with E-state index in [1.54, 1.807) is 4.68 Å². The van der Waals surface area contributed by atoms with Gasteiger partial charge in [0.1, 0.15) is 5.82 Å². The van der Waals surface area contributed by atoms with Gasteiger partial charge in [0, 0.05) is 6.04 Å². The molecule has 1 aromatic heterocycles. The van der Waals surface area contributed by atoms with Crippen LogP contribution in [0.15, 0.2) is 30.3 Å². The third-order valence-corrected chi connectivity index (χ3v) is 6.55. The van der Waals surface area contributed by atoms with Crippen molar-refractivity contribution in [2.24, 2.45) is 0 Å². The molecule has 0 amide bonds. The average molecular weight is 393 g/mol. The van der Waals surface area contributed by atoms with Crippen molar-refractivity contribution in [3.63, 3.8) is 0 Å². The smallest absolute Gasteiger partial charge is 0.217 e. The highest BCUT2D eigenvalue weighted by Gasteiger charge is 2.32. The molecular weight excluding hydrogens is 368 g/mol. The molecule has 0 aliphatic carbocycles. The van der Waals surface area contributed by atoms with Crippen molar-refractivity contribution in [2.45, 2.75) is 32.5 Å². The summed E-state index contributed by atoms with van der Waals surface area (Å²) in [5.74, 6) is 1.20. The first-order valence-corrected chi connectivity index (χ1v) is 11.0. The van der Waals surface area contributed by atoms with Gasteiger partial charge in [-0.05, 0) is 43.2 Å². The molecule has 26 heavy (non-hydrogen) atoms. The van der Waals surface area contributed by atoms with Crippen LogP contribution in [0.5, 0.6) is 0 Å². The van der Waals surface area contributed by atoms with E-state index in [1.165, 1.54) is 0 Å². The topological polar surface area (TPSA) is 71.0 Å². The summed E-state index contributed by atoms with van der Waals surface area (Å²) in [5, 5.41) is 3.21. The molecule has 1 aromatic carbocycles. The van der Waals surface area contributed by atoms with Crippen LogP contribution in [0.4, 0.5) is 0 Å². The molecule has 0 saturated carbocycles. The van der Waals surface area contributed by atoms with E-state index in [9.17, 15) is 8.42 Å². The number of aromatic nitrogens is 3. The third kappa shape index (κ3) is 4.90. The Morgan fingerprint density at radius 3 is 2.77 bits per heavy atom. The van der Waals surface area contributed by atoms with Gasteiger partial charge in [0.25, 0.3) is 0 Å². The van der Waals surface area contributed by atoms with E-state index < -0.39 is 9.84 Å². The van der Waals surface area contributed by atoms with Crippen LogP contribution in [0, 0.1) is 4.77 Å². The third-order valence-electron chi connectivity index (χ3n) is 4.49. The highest BCUT2D eigenvalue weighted by molar-refractivity contribution is 7.91. The standard InChI is InChI=1S/C18H24N4O2S2/c1-2-11-21(16-10-12-26(23,24)13-16)14-22-18(25)19-17(20-22)9-8-15-6-4-3-5-7-15/h3-9,16H,2,10-14H2,1H3,(H,19,20,25). The van der Waals surface area contributed by atoms with Crippen molar-refractivity contribution < 1.29 is 8.42 Å². The first-order valence-electron chi connectivity index (χ1n) is 8.81. The van der Waals surface area contributed by atoms with E-state index in [4.69, 9.17) is 12.2 Å². The average Bonchev–Trinajstić information content (AvgIpc) is 3.15. The predicted molar refractivity (Wildman–Crippen MR) is 107 cm³/mol. The number of hydrogen-bond acceptors (Lipinski definition) is 5.